The van der Waals surface area contributed by atoms with Crippen molar-refractivity contribution in [2.75, 3.05) is 6.54 Å². The van der Waals surface area contributed by atoms with E-state index in [4.69, 9.17) is 16.0 Å². The van der Waals surface area contributed by atoms with Crippen LogP contribution in [0.2, 0.25) is 5.22 Å². The van der Waals surface area contributed by atoms with Crippen LogP contribution in [0.3, 0.4) is 0 Å². The van der Waals surface area contributed by atoms with E-state index in [1.165, 1.54) is 0 Å². The molecule has 88 valence electrons. The van der Waals surface area contributed by atoms with Crippen LogP contribution in [0, 0.1) is 11.8 Å². The van der Waals surface area contributed by atoms with Crippen molar-refractivity contribution in [1.82, 2.24) is 5.32 Å². The minimum Gasteiger partial charge on any atom is -0.448 e. The van der Waals surface area contributed by atoms with Crippen molar-refractivity contribution in [3.63, 3.8) is 0 Å². The molecule has 0 aliphatic carbocycles. The van der Waals surface area contributed by atoms with Crippen LogP contribution in [0.1, 0.15) is 44.9 Å². The first-order chi connectivity index (χ1) is 7.77. The molecule has 0 aliphatic heterocycles. The van der Waals surface area contributed by atoms with E-state index >= 15 is 0 Å². The quantitative estimate of drug-likeness (QED) is 0.765. The van der Waals surface area contributed by atoms with E-state index in [1.54, 1.807) is 6.07 Å². The van der Waals surface area contributed by atoms with Crippen LogP contribution in [0.4, 0.5) is 0 Å². The number of halogens is 1. The van der Waals surface area contributed by atoms with Gasteiger partial charge in [0.15, 0.2) is 5.22 Å². The summed E-state index contributed by atoms with van der Waals surface area (Å²) in [5.41, 5.74) is 0. The number of hydrogen-bond donors (Lipinski definition) is 1. The Morgan fingerprint density at radius 1 is 1.50 bits per heavy atom. The molecule has 3 heteroatoms. The van der Waals surface area contributed by atoms with Gasteiger partial charge >= 0.3 is 0 Å². The van der Waals surface area contributed by atoms with Gasteiger partial charge in [0.25, 0.3) is 0 Å². The maximum atomic E-state index is 5.78. The van der Waals surface area contributed by atoms with Crippen molar-refractivity contribution in [1.29, 1.82) is 0 Å². The van der Waals surface area contributed by atoms with Crippen molar-refractivity contribution in [3.8, 4) is 11.8 Å². The van der Waals surface area contributed by atoms with Gasteiger partial charge in [0, 0.05) is 6.42 Å². The summed E-state index contributed by atoms with van der Waals surface area (Å²) >= 11 is 5.78. The summed E-state index contributed by atoms with van der Waals surface area (Å²) in [6, 6.07) is 3.92. The summed E-state index contributed by atoms with van der Waals surface area (Å²) in [7, 11) is 0. The average molecular weight is 240 g/mol. The highest BCUT2D eigenvalue weighted by Gasteiger charge is 2.13. The molecule has 1 aromatic heterocycles. The number of furan rings is 1. The number of hydrogen-bond acceptors (Lipinski definition) is 2. The van der Waals surface area contributed by atoms with E-state index in [0.29, 0.717) is 5.22 Å². The van der Waals surface area contributed by atoms with E-state index in [2.05, 4.69) is 24.1 Å². The Bertz CT molecular complexity index is 361. The van der Waals surface area contributed by atoms with Crippen LogP contribution in [-0.2, 0) is 0 Å². The molecule has 0 bridgehead atoms. The van der Waals surface area contributed by atoms with Gasteiger partial charge < -0.3 is 9.73 Å². The van der Waals surface area contributed by atoms with Crippen LogP contribution in [-0.4, -0.2) is 6.54 Å². The van der Waals surface area contributed by atoms with Crippen molar-refractivity contribution in [2.45, 2.75) is 39.2 Å². The Morgan fingerprint density at radius 2 is 2.31 bits per heavy atom. The zero-order valence-corrected chi connectivity index (χ0v) is 10.6. The topological polar surface area (TPSA) is 25.2 Å². The Labute approximate surface area is 102 Å². The lowest BCUT2D eigenvalue weighted by atomic mass is 10.1. The van der Waals surface area contributed by atoms with Crippen LogP contribution >= 0.6 is 11.6 Å². The van der Waals surface area contributed by atoms with Gasteiger partial charge in [0.2, 0.25) is 0 Å². The molecule has 16 heavy (non-hydrogen) atoms. The van der Waals surface area contributed by atoms with Crippen LogP contribution in [0.25, 0.3) is 0 Å². The zero-order chi connectivity index (χ0) is 11.8. The smallest absolute Gasteiger partial charge is 0.193 e. The van der Waals surface area contributed by atoms with Gasteiger partial charge in [-0.3, -0.25) is 0 Å². The molecule has 0 spiro atoms. The molecule has 0 saturated carbocycles. The number of rotatable bonds is 6. The lowest BCUT2D eigenvalue weighted by Crippen LogP contribution is -2.21. The normalized spacial score (nSPS) is 11.9. The monoisotopic (exact) mass is 239 g/mol. The third-order valence-corrected chi connectivity index (χ3v) is 2.52. The van der Waals surface area contributed by atoms with E-state index in [1.807, 2.05) is 13.0 Å². The Hall–Kier alpha value is -0.910. The fraction of sp³-hybridized carbons (Fsp3) is 0.538. The summed E-state index contributed by atoms with van der Waals surface area (Å²) in [6.07, 6.45) is 2.92. The molecular weight excluding hydrogens is 222 g/mol. The predicted octanol–water partition coefficient (Wildman–Crippen LogP) is 3.78. The highest BCUT2D eigenvalue weighted by Crippen LogP contribution is 2.23. The predicted molar refractivity (Wildman–Crippen MR) is 67.4 cm³/mol. The molecule has 1 rings (SSSR count). The Balaban J connectivity index is 2.57. The first-order valence-corrected chi connectivity index (χ1v) is 6.04. The first-order valence-electron chi connectivity index (χ1n) is 5.66. The van der Waals surface area contributed by atoms with Crippen molar-refractivity contribution >= 4 is 11.6 Å². The van der Waals surface area contributed by atoms with Gasteiger partial charge in [-0.15, -0.1) is 11.8 Å². The Kier molecular flexibility index (Phi) is 6.07. The molecular formula is C13H18ClNO. The van der Waals surface area contributed by atoms with E-state index < -0.39 is 0 Å². The molecule has 1 N–H and O–H groups in total. The van der Waals surface area contributed by atoms with Gasteiger partial charge in [-0.1, -0.05) is 6.92 Å². The summed E-state index contributed by atoms with van der Waals surface area (Å²) in [5, 5.41) is 3.88. The molecule has 0 fully saturated rings. The largest absolute Gasteiger partial charge is 0.448 e. The minimum atomic E-state index is 0.216. The molecule has 0 radical (unpaired) electrons. The van der Waals surface area contributed by atoms with E-state index in [9.17, 15) is 0 Å². The first kappa shape index (κ1) is 13.2. The second-order valence-corrected chi connectivity index (χ2v) is 3.99. The summed E-state index contributed by atoms with van der Waals surface area (Å²) in [5.74, 6) is 6.87. The second-order valence-electron chi connectivity index (χ2n) is 3.61. The summed E-state index contributed by atoms with van der Waals surface area (Å²) < 4.78 is 5.43. The highest BCUT2D eigenvalue weighted by atomic mass is 35.5. The SMILES string of the molecule is CC#CCCC(NCCC)c1ccc(Cl)o1. The number of nitrogens with one attached hydrogen (secondary N) is 1. The van der Waals surface area contributed by atoms with Crippen molar-refractivity contribution < 1.29 is 4.42 Å². The fourth-order valence-electron chi connectivity index (χ4n) is 1.52. The third kappa shape index (κ3) is 4.30. The van der Waals surface area contributed by atoms with E-state index in [-0.39, 0.29) is 6.04 Å². The van der Waals surface area contributed by atoms with Gasteiger partial charge in [0.1, 0.15) is 5.76 Å². The minimum absolute atomic E-state index is 0.216. The fourth-order valence-corrected chi connectivity index (χ4v) is 1.67. The molecule has 1 atom stereocenters. The van der Waals surface area contributed by atoms with Crippen molar-refractivity contribution in [2.24, 2.45) is 0 Å². The molecule has 0 aliphatic rings. The van der Waals surface area contributed by atoms with Crippen LogP contribution in [0.5, 0.6) is 0 Å². The van der Waals surface area contributed by atoms with Gasteiger partial charge in [-0.2, -0.15) is 0 Å². The standard InChI is InChI=1S/C13H18ClNO/c1-3-5-6-7-11(15-10-4-2)12-8-9-13(14)16-12/h8-9,11,15H,4,6-7,10H2,1-2H3. The average Bonchev–Trinajstić information content (AvgIpc) is 2.70. The van der Waals surface area contributed by atoms with Gasteiger partial charge in [-0.25, -0.2) is 0 Å². The lowest BCUT2D eigenvalue weighted by Gasteiger charge is -2.14. The van der Waals surface area contributed by atoms with E-state index in [0.717, 1.165) is 31.6 Å². The summed E-state index contributed by atoms with van der Waals surface area (Å²) in [6.45, 7) is 4.98. The lowest BCUT2D eigenvalue weighted by molar-refractivity contribution is 0.399. The maximum Gasteiger partial charge on any atom is 0.193 e. The third-order valence-electron chi connectivity index (χ3n) is 2.31. The molecule has 2 nitrogen and oxygen atoms in total. The highest BCUT2D eigenvalue weighted by molar-refractivity contribution is 6.28. The Morgan fingerprint density at radius 3 is 2.88 bits per heavy atom. The summed E-state index contributed by atoms with van der Waals surface area (Å²) in [4.78, 5) is 0. The van der Waals surface area contributed by atoms with Gasteiger partial charge in [-0.05, 0) is 50.0 Å². The van der Waals surface area contributed by atoms with Gasteiger partial charge in [0.05, 0.1) is 6.04 Å². The van der Waals surface area contributed by atoms with Crippen LogP contribution < -0.4 is 5.32 Å². The second kappa shape index (κ2) is 7.38. The molecule has 1 heterocycles. The van der Waals surface area contributed by atoms with Crippen LogP contribution in [0.15, 0.2) is 16.5 Å². The molecule has 0 amide bonds. The molecule has 1 aromatic rings. The van der Waals surface area contributed by atoms with Crippen molar-refractivity contribution in [3.05, 3.63) is 23.1 Å². The molecule has 0 aromatic carbocycles. The molecule has 1 unspecified atom stereocenters. The zero-order valence-electron chi connectivity index (χ0n) is 9.85. The molecule has 0 saturated heterocycles. The maximum absolute atomic E-state index is 5.78.